The van der Waals surface area contributed by atoms with Gasteiger partial charge in [0.1, 0.15) is 5.30 Å². The number of rotatable bonds is 2. The van der Waals surface area contributed by atoms with Crippen LogP contribution in [0.4, 0.5) is 0 Å². The highest BCUT2D eigenvalue weighted by molar-refractivity contribution is 7.68. The lowest BCUT2D eigenvalue weighted by Crippen LogP contribution is -2.31. The summed E-state index contributed by atoms with van der Waals surface area (Å²) in [6.07, 6.45) is 0. The Morgan fingerprint density at radius 3 is 1.59 bits per heavy atom. The molecule has 0 aliphatic heterocycles. The van der Waals surface area contributed by atoms with E-state index in [1.807, 2.05) is 0 Å². The fraction of sp³-hybridized carbons (Fsp3) is 0.429. The van der Waals surface area contributed by atoms with Crippen LogP contribution in [0.5, 0.6) is 0 Å². The Bertz CT molecular complexity index is 627. The molecule has 22 heavy (non-hydrogen) atoms. The Morgan fingerprint density at radius 1 is 0.636 bits per heavy atom. The average Bonchev–Trinajstić information content (AvgIpc) is 2.37. The molecule has 0 N–H and O–H groups in total. The second kappa shape index (κ2) is 6.17. The van der Waals surface area contributed by atoms with E-state index in [2.05, 4.69) is 97.0 Å². The van der Waals surface area contributed by atoms with Crippen LogP contribution in [0, 0.1) is 6.92 Å². The van der Waals surface area contributed by atoms with Gasteiger partial charge in [0.15, 0.2) is 0 Å². The fourth-order valence-electron chi connectivity index (χ4n) is 3.74. The van der Waals surface area contributed by atoms with Crippen molar-refractivity contribution in [2.45, 2.75) is 58.8 Å². The molecule has 0 fully saturated rings. The van der Waals surface area contributed by atoms with Gasteiger partial charge in [0, 0.05) is 13.5 Å². The highest BCUT2D eigenvalue weighted by atomic mass is 31.1. The molecule has 0 unspecified atom stereocenters. The maximum atomic E-state index is 2.40. The van der Waals surface area contributed by atoms with Crippen molar-refractivity contribution in [1.29, 1.82) is 0 Å². The summed E-state index contributed by atoms with van der Waals surface area (Å²) in [5.74, 6) is 0. The summed E-state index contributed by atoms with van der Waals surface area (Å²) in [7, 11) is -0.747. The van der Waals surface area contributed by atoms with Crippen molar-refractivity contribution in [3.8, 4) is 11.1 Å². The van der Waals surface area contributed by atoms with E-state index < -0.39 is 7.92 Å². The molecule has 0 saturated heterocycles. The standard InChI is InChI=1S/C21H29P/c1-16-12-8-9-13-17(16)18-14-10-11-15-19(18)22(20(2,3)4)21(5,6)7/h8-15H,1-7H3/p+1. The third-order valence-corrected chi connectivity index (χ3v) is 8.11. The SMILES string of the molecule is Cc1ccccc1-c1ccccc1[PH+](C(C)(C)C)C(C)(C)C. The van der Waals surface area contributed by atoms with Crippen molar-refractivity contribution in [3.63, 3.8) is 0 Å². The lowest BCUT2D eigenvalue weighted by molar-refractivity contribution is 0.715. The summed E-state index contributed by atoms with van der Waals surface area (Å²) in [5.41, 5.74) is 4.17. The quantitative estimate of drug-likeness (QED) is 0.588. The smallest absolute Gasteiger partial charge is 0.0620 e. The van der Waals surface area contributed by atoms with Crippen molar-refractivity contribution in [3.05, 3.63) is 54.1 Å². The molecule has 118 valence electrons. The van der Waals surface area contributed by atoms with E-state index in [0.29, 0.717) is 10.3 Å². The van der Waals surface area contributed by atoms with Gasteiger partial charge in [0.2, 0.25) is 0 Å². The van der Waals surface area contributed by atoms with Gasteiger partial charge in [-0.1, -0.05) is 42.5 Å². The van der Waals surface area contributed by atoms with Crippen LogP contribution >= 0.6 is 7.92 Å². The van der Waals surface area contributed by atoms with Crippen LogP contribution in [-0.4, -0.2) is 10.3 Å². The van der Waals surface area contributed by atoms with Crippen LogP contribution in [0.25, 0.3) is 11.1 Å². The Morgan fingerprint density at radius 2 is 1.09 bits per heavy atom. The molecule has 0 atom stereocenters. The normalized spacial score (nSPS) is 12.7. The summed E-state index contributed by atoms with van der Waals surface area (Å²) < 4.78 is 0. The zero-order chi connectivity index (χ0) is 16.5. The largest absolute Gasteiger partial charge is 0.100 e. The van der Waals surface area contributed by atoms with Crippen molar-refractivity contribution in [2.24, 2.45) is 0 Å². The molecule has 0 bridgehead atoms. The monoisotopic (exact) mass is 313 g/mol. The van der Waals surface area contributed by atoms with Gasteiger partial charge in [-0.15, -0.1) is 0 Å². The first-order valence-electron chi connectivity index (χ1n) is 8.15. The molecule has 0 radical (unpaired) electrons. The number of hydrogen-bond acceptors (Lipinski definition) is 0. The second-order valence-corrected chi connectivity index (χ2v) is 12.5. The molecule has 0 heterocycles. The molecule has 1 heteroatoms. The third-order valence-electron chi connectivity index (χ3n) is 4.13. The summed E-state index contributed by atoms with van der Waals surface area (Å²) in [4.78, 5) is 0. The average molecular weight is 313 g/mol. The Kier molecular flexibility index (Phi) is 4.83. The molecule has 2 aromatic rings. The summed E-state index contributed by atoms with van der Waals surface area (Å²) in [6.45, 7) is 16.6. The highest BCUT2D eigenvalue weighted by Gasteiger charge is 2.44. The van der Waals surface area contributed by atoms with Crippen molar-refractivity contribution in [1.82, 2.24) is 0 Å². The highest BCUT2D eigenvalue weighted by Crippen LogP contribution is 2.59. The molecule has 0 saturated carbocycles. The van der Waals surface area contributed by atoms with Crippen molar-refractivity contribution in [2.75, 3.05) is 0 Å². The number of hydrogen-bond donors (Lipinski definition) is 0. The van der Waals surface area contributed by atoms with Gasteiger partial charge in [0.05, 0.1) is 10.3 Å². The van der Waals surface area contributed by atoms with Gasteiger partial charge in [-0.2, -0.15) is 0 Å². The van der Waals surface area contributed by atoms with Crippen LogP contribution < -0.4 is 5.30 Å². The predicted octanol–water partition coefficient (Wildman–Crippen LogP) is 6.10. The van der Waals surface area contributed by atoms with Gasteiger partial charge in [-0.05, 0) is 65.7 Å². The van der Waals surface area contributed by atoms with E-state index in [1.54, 1.807) is 5.30 Å². The number of aryl methyl sites for hydroxylation is 1. The molecule has 0 aliphatic rings. The number of benzene rings is 2. The first kappa shape index (κ1) is 17.2. The van der Waals surface area contributed by atoms with Crippen LogP contribution in [0.2, 0.25) is 0 Å². The molecule has 2 rings (SSSR count). The van der Waals surface area contributed by atoms with E-state index in [4.69, 9.17) is 0 Å². The minimum absolute atomic E-state index is 0.321. The third kappa shape index (κ3) is 3.61. The van der Waals surface area contributed by atoms with Crippen LogP contribution in [0.3, 0.4) is 0 Å². The summed E-state index contributed by atoms with van der Waals surface area (Å²) >= 11 is 0. The van der Waals surface area contributed by atoms with E-state index in [9.17, 15) is 0 Å². The zero-order valence-corrected chi connectivity index (χ0v) is 16.1. The van der Waals surface area contributed by atoms with Gasteiger partial charge in [-0.3, -0.25) is 0 Å². The van der Waals surface area contributed by atoms with Gasteiger partial charge in [-0.25, -0.2) is 0 Å². The Labute approximate surface area is 137 Å². The van der Waals surface area contributed by atoms with Gasteiger partial charge < -0.3 is 0 Å². The Hall–Kier alpha value is -1.13. The van der Waals surface area contributed by atoms with E-state index in [0.717, 1.165) is 0 Å². The van der Waals surface area contributed by atoms with E-state index in [1.165, 1.54) is 16.7 Å². The molecule has 0 amide bonds. The van der Waals surface area contributed by atoms with Gasteiger partial charge in [0.25, 0.3) is 0 Å². The molecule has 0 nitrogen and oxygen atoms in total. The maximum absolute atomic E-state index is 2.40. The first-order chi connectivity index (χ1) is 10.1. The predicted molar refractivity (Wildman–Crippen MR) is 104 cm³/mol. The van der Waals surface area contributed by atoms with Crippen molar-refractivity contribution >= 4 is 13.2 Å². The minimum atomic E-state index is -0.747. The van der Waals surface area contributed by atoms with Crippen LogP contribution in [0.15, 0.2) is 48.5 Å². The van der Waals surface area contributed by atoms with E-state index in [-0.39, 0.29) is 0 Å². The van der Waals surface area contributed by atoms with Crippen LogP contribution in [-0.2, 0) is 0 Å². The fourth-order valence-corrected chi connectivity index (χ4v) is 8.36. The molecular formula is C21H30P+. The molecule has 2 aromatic carbocycles. The molecular weight excluding hydrogens is 283 g/mol. The van der Waals surface area contributed by atoms with Gasteiger partial charge >= 0.3 is 0 Å². The summed E-state index contributed by atoms with van der Waals surface area (Å²) in [6, 6.07) is 17.8. The minimum Gasteiger partial charge on any atom is -0.0620 e. The second-order valence-electron chi connectivity index (χ2n) is 8.24. The Balaban J connectivity index is 2.69. The first-order valence-corrected chi connectivity index (χ1v) is 9.65. The topological polar surface area (TPSA) is 0 Å². The summed E-state index contributed by atoms with van der Waals surface area (Å²) in [5, 5.41) is 2.21. The lowest BCUT2D eigenvalue weighted by atomic mass is 10.0. The molecule has 0 aliphatic carbocycles. The zero-order valence-electron chi connectivity index (χ0n) is 15.1. The maximum Gasteiger partial charge on any atom is 0.100 e. The van der Waals surface area contributed by atoms with E-state index >= 15 is 0 Å². The lowest BCUT2D eigenvalue weighted by Gasteiger charge is -2.35. The molecule has 0 aromatic heterocycles. The molecule has 0 spiro atoms. The van der Waals surface area contributed by atoms with Crippen molar-refractivity contribution < 1.29 is 0 Å². The van der Waals surface area contributed by atoms with Crippen LogP contribution in [0.1, 0.15) is 47.1 Å².